The van der Waals surface area contributed by atoms with Gasteiger partial charge in [-0.1, -0.05) is 29.0 Å². The first-order valence-electron chi connectivity index (χ1n) is 9.71. The molecule has 2 aromatic heterocycles. The Hall–Kier alpha value is -2.90. The van der Waals surface area contributed by atoms with Crippen molar-refractivity contribution in [3.63, 3.8) is 0 Å². The zero-order valence-electron chi connectivity index (χ0n) is 16.5. The number of imidazole rings is 1. The predicted molar refractivity (Wildman–Crippen MR) is 121 cm³/mol. The first-order chi connectivity index (χ1) is 14.7. The van der Waals surface area contributed by atoms with E-state index < -0.39 is 0 Å². The van der Waals surface area contributed by atoms with E-state index in [-0.39, 0.29) is 5.91 Å². The standard InChI is InChI=1S/C22H21ClN4O2S/c1-2-29-18-5-3-6-19-20(18)25-22(30-19)27(13-4-12-26-14-11-24-15-26)21(28)16-7-9-17(23)10-8-16/h3,5-11,14-15H,2,4,12-13H2,1H3. The molecular formula is C22H21ClN4O2S. The van der Waals surface area contributed by atoms with E-state index in [2.05, 4.69) is 4.98 Å². The number of benzene rings is 2. The zero-order valence-corrected chi connectivity index (χ0v) is 18.1. The van der Waals surface area contributed by atoms with Gasteiger partial charge in [-0.3, -0.25) is 9.69 Å². The topological polar surface area (TPSA) is 60.2 Å². The summed E-state index contributed by atoms with van der Waals surface area (Å²) in [6.07, 6.45) is 6.21. The van der Waals surface area contributed by atoms with Gasteiger partial charge in [0.2, 0.25) is 0 Å². The number of carbonyl (C=O) groups excluding carboxylic acids is 1. The SMILES string of the molecule is CCOc1cccc2sc(N(CCCn3ccnc3)C(=O)c3ccc(Cl)cc3)nc12. The van der Waals surface area contributed by atoms with Crippen LogP contribution in [0.25, 0.3) is 10.2 Å². The number of rotatable bonds is 8. The molecule has 0 saturated heterocycles. The van der Waals surface area contributed by atoms with Crippen LogP contribution in [0.4, 0.5) is 5.13 Å². The minimum absolute atomic E-state index is 0.102. The molecule has 30 heavy (non-hydrogen) atoms. The summed E-state index contributed by atoms with van der Waals surface area (Å²) in [6.45, 7) is 3.80. The second kappa shape index (κ2) is 9.28. The molecule has 0 fully saturated rings. The third-order valence-electron chi connectivity index (χ3n) is 4.59. The van der Waals surface area contributed by atoms with Crippen molar-refractivity contribution in [1.82, 2.24) is 14.5 Å². The fraction of sp³-hybridized carbons (Fsp3) is 0.227. The number of hydrogen-bond donors (Lipinski definition) is 0. The van der Waals surface area contributed by atoms with E-state index in [0.29, 0.717) is 28.9 Å². The van der Waals surface area contributed by atoms with Gasteiger partial charge >= 0.3 is 0 Å². The van der Waals surface area contributed by atoms with Crippen LogP contribution in [-0.4, -0.2) is 33.6 Å². The van der Waals surface area contributed by atoms with Crippen LogP contribution in [0.15, 0.2) is 61.2 Å². The first kappa shape index (κ1) is 20.4. The predicted octanol–water partition coefficient (Wildman–Crippen LogP) is 5.28. The van der Waals surface area contributed by atoms with E-state index in [4.69, 9.17) is 21.3 Å². The van der Waals surface area contributed by atoms with Gasteiger partial charge in [0.25, 0.3) is 5.91 Å². The molecule has 8 heteroatoms. The van der Waals surface area contributed by atoms with E-state index in [9.17, 15) is 4.79 Å². The molecule has 0 aliphatic rings. The van der Waals surface area contributed by atoms with Gasteiger partial charge in [-0.05, 0) is 49.7 Å². The Labute approximate surface area is 183 Å². The van der Waals surface area contributed by atoms with E-state index in [1.54, 1.807) is 41.7 Å². The summed E-state index contributed by atoms with van der Waals surface area (Å²) in [5, 5.41) is 1.25. The molecule has 2 aromatic carbocycles. The number of amides is 1. The minimum Gasteiger partial charge on any atom is -0.492 e. The summed E-state index contributed by atoms with van der Waals surface area (Å²) >= 11 is 7.48. The second-order valence-electron chi connectivity index (χ2n) is 6.65. The number of aryl methyl sites for hydroxylation is 1. The van der Waals surface area contributed by atoms with E-state index in [0.717, 1.165) is 28.9 Å². The molecule has 4 rings (SSSR count). The van der Waals surface area contributed by atoms with Crippen molar-refractivity contribution in [2.75, 3.05) is 18.1 Å². The van der Waals surface area contributed by atoms with Crippen molar-refractivity contribution in [2.24, 2.45) is 0 Å². The molecule has 0 N–H and O–H groups in total. The van der Waals surface area contributed by atoms with Crippen LogP contribution in [0.3, 0.4) is 0 Å². The number of fused-ring (bicyclic) bond motifs is 1. The maximum atomic E-state index is 13.3. The Morgan fingerprint density at radius 3 is 2.80 bits per heavy atom. The summed E-state index contributed by atoms with van der Waals surface area (Å²) < 4.78 is 8.70. The Kier molecular flexibility index (Phi) is 6.30. The third-order valence-corrected chi connectivity index (χ3v) is 5.89. The highest BCUT2D eigenvalue weighted by Crippen LogP contribution is 2.35. The average Bonchev–Trinajstić information content (AvgIpc) is 3.42. The molecular weight excluding hydrogens is 420 g/mol. The van der Waals surface area contributed by atoms with Gasteiger partial charge in [-0.2, -0.15) is 0 Å². The molecule has 0 radical (unpaired) electrons. The van der Waals surface area contributed by atoms with E-state index in [1.807, 2.05) is 35.9 Å². The van der Waals surface area contributed by atoms with Gasteiger partial charge in [0.1, 0.15) is 11.3 Å². The van der Waals surface area contributed by atoms with Gasteiger partial charge in [-0.15, -0.1) is 0 Å². The van der Waals surface area contributed by atoms with E-state index >= 15 is 0 Å². The molecule has 2 heterocycles. The molecule has 0 bridgehead atoms. The monoisotopic (exact) mass is 440 g/mol. The van der Waals surface area contributed by atoms with E-state index in [1.165, 1.54) is 11.3 Å². The Morgan fingerprint density at radius 1 is 1.23 bits per heavy atom. The average molecular weight is 441 g/mol. The van der Waals surface area contributed by atoms with Gasteiger partial charge < -0.3 is 9.30 Å². The quantitative estimate of drug-likeness (QED) is 0.374. The highest BCUT2D eigenvalue weighted by atomic mass is 35.5. The lowest BCUT2D eigenvalue weighted by Gasteiger charge is -2.20. The van der Waals surface area contributed by atoms with Crippen LogP contribution in [-0.2, 0) is 6.54 Å². The number of hydrogen-bond acceptors (Lipinski definition) is 5. The highest BCUT2D eigenvalue weighted by molar-refractivity contribution is 7.22. The normalized spacial score (nSPS) is 11.0. The van der Waals surface area contributed by atoms with Crippen molar-refractivity contribution in [2.45, 2.75) is 19.9 Å². The Bertz CT molecular complexity index is 1130. The largest absolute Gasteiger partial charge is 0.492 e. The fourth-order valence-corrected chi connectivity index (χ4v) is 4.30. The molecule has 1 amide bonds. The smallest absolute Gasteiger partial charge is 0.260 e. The summed E-state index contributed by atoms with van der Waals surface area (Å²) in [7, 11) is 0. The number of para-hydroxylation sites is 1. The summed E-state index contributed by atoms with van der Waals surface area (Å²) in [6, 6.07) is 12.8. The van der Waals surface area contributed by atoms with Crippen LogP contribution in [0.1, 0.15) is 23.7 Å². The Balaban J connectivity index is 1.65. The number of nitrogens with zero attached hydrogens (tertiary/aromatic N) is 4. The lowest BCUT2D eigenvalue weighted by molar-refractivity contribution is 0.0986. The lowest BCUT2D eigenvalue weighted by Crippen LogP contribution is -2.32. The number of carbonyl (C=O) groups is 1. The van der Waals surface area contributed by atoms with Gasteiger partial charge in [-0.25, -0.2) is 9.97 Å². The number of anilines is 1. The van der Waals surface area contributed by atoms with Crippen molar-refractivity contribution in [3.8, 4) is 5.75 Å². The minimum atomic E-state index is -0.102. The molecule has 0 aliphatic heterocycles. The molecule has 4 aromatic rings. The molecule has 0 atom stereocenters. The van der Waals surface area contributed by atoms with Crippen molar-refractivity contribution in [3.05, 3.63) is 71.8 Å². The molecule has 154 valence electrons. The van der Waals surface area contributed by atoms with Crippen LogP contribution in [0.5, 0.6) is 5.75 Å². The second-order valence-corrected chi connectivity index (χ2v) is 8.10. The van der Waals surface area contributed by atoms with Gasteiger partial charge in [0.05, 0.1) is 17.6 Å². The lowest BCUT2D eigenvalue weighted by atomic mass is 10.2. The van der Waals surface area contributed by atoms with Gasteiger partial charge in [0, 0.05) is 36.1 Å². The van der Waals surface area contributed by atoms with Crippen molar-refractivity contribution >= 4 is 44.2 Å². The maximum absolute atomic E-state index is 13.3. The molecule has 0 spiro atoms. The maximum Gasteiger partial charge on any atom is 0.260 e. The molecule has 0 unspecified atom stereocenters. The Morgan fingerprint density at radius 2 is 2.07 bits per heavy atom. The van der Waals surface area contributed by atoms with Crippen molar-refractivity contribution in [1.29, 1.82) is 0 Å². The number of halogens is 1. The molecule has 0 saturated carbocycles. The molecule has 6 nitrogen and oxygen atoms in total. The van der Waals surface area contributed by atoms with Gasteiger partial charge in [0.15, 0.2) is 5.13 Å². The number of ether oxygens (including phenoxy) is 1. The highest BCUT2D eigenvalue weighted by Gasteiger charge is 2.22. The molecule has 0 aliphatic carbocycles. The van der Waals surface area contributed by atoms with Crippen LogP contribution in [0.2, 0.25) is 5.02 Å². The fourth-order valence-electron chi connectivity index (χ4n) is 3.16. The summed E-state index contributed by atoms with van der Waals surface area (Å²) in [5.74, 6) is 0.629. The summed E-state index contributed by atoms with van der Waals surface area (Å²) in [4.78, 5) is 23.9. The zero-order chi connectivity index (χ0) is 20.9. The third kappa shape index (κ3) is 4.47. The number of aromatic nitrogens is 3. The van der Waals surface area contributed by atoms with Crippen LogP contribution >= 0.6 is 22.9 Å². The van der Waals surface area contributed by atoms with Crippen molar-refractivity contribution < 1.29 is 9.53 Å². The number of thiazole rings is 1. The van der Waals surface area contributed by atoms with Crippen LogP contribution < -0.4 is 9.64 Å². The summed E-state index contributed by atoms with van der Waals surface area (Å²) in [5.41, 5.74) is 1.36. The van der Waals surface area contributed by atoms with Crippen LogP contribution in [0, 0.1) is 0 Å². The first-order valence-corrected chi connectivity index (χ1v) is 10.9.